The van der Waals surface area contributed by atoms with Crippen LogP contribution in [0.1, 0.15) is 22.7 Å². The van der Waals surface area contributed by atoms with Crippen LogP contribution in [0.5, 0.6) is 5.75 Å². The summed E-state index contributed by atoms with van der Waals surface area (Å²) in [4.78, 5) is 4.99. The molecular formula is C22H19NO2. The van der Waals surface area contributed by atoms with E-state index in [1.54, 1.807) is 0 Å². The molecule has 0 bridgehead atoms. The molecule has 1 aliphatic heterocycles. The van der Waals surface area contributed by atoms with Gasteiger partial charge in [-0.25, -0.2) is 0 Å². The van der Waals surface area contributed by atoms with E-state index in [0.29, 0.717) is 0 Å². The molecule has 0 radical (unpaired) electrons. The molecule has 0 unspecified atom stereocenters. The maximum absolute atomic E-state index is 10.5. The summed E-state index contributed by atoms with van der Waals surface area (Å²) >= 11 is 0. The van der Waals surface area contributed by atoms with Crippen LogP contribution in [0.2, 0.25) is 0 Å². The van der Waals surface area contributed by atoms with E-state index in [1.165, 1.54) is 0 Å². The number of rotatable bonds is 3. The van der Waals surface area contributed by atoms with Gasteiger partial charge in [0.25, 0.3) is 0 Å². The highest BCUT2D eigenvalue weighted by Crippen LogP contribution is 2.35. The number of hydrogen-bond donors (Lipinski definition) is 1. The van der Waals surface area contributed by atoms with Gasteiger partial charge in [0.15, 0.2) is 0 Å². The van der Waals surface area contributed by atoms with Crippen molar-refractivity contribution < 1.29 is 9.84 Å². The molecule has 3 aromatic carbocycles. The monoisotopic (exact) mass is 329 g/mol. The number of benzene rings is 3. The molecule has 1 N–H and O–H groups in total. The zero-order chi connectivity index (χ0) is 17.1. The predicted octanol–water partition coefficient (Wildman–Crippen LogP) is 4.02. The standard InChI is InChI=1S/C22H19NO2/c24-19-15-25-20-14-8-7-13-18(20)22(19)23-21(16-9-3-1-4-10-16)17-11-5-2-6-12-17/h1-14,19,22,24H,15H2/t19-,22+/m0/s1. The van der Waals surface area contributed by atoms with E-state index in [-0.39, 0.29) is 12.6 Å². The molecule has 0 amide bonds. The smallest absolute Gasteiger partial charge is 0.124 e. The minimum atomic E-state index is -0.669. The lowest BCUT2D eigenvalue weighted by atomic mass is 9.96. The molecule has 0 spiro atoms. The van der Waals surface area contributed by atoms with Gasteiger partial charge in [-0.2, -0.15) is 0 Å². The van der Waals surface area contributed by atoms with Crippen molar-refractivity contribution in [1.29, 1.82) is 0 Å². The van der Waals surface area contributed by atoms with Gasteiger partial charge in [0.05, 0.1) is 5.71 Å². The second kappa shape index (κ2) is 6.91. The van der Waals surface area contributed by atoms with Crippen molar-refractivity contribution in [2.45, 2.75) is 12.1 Å². The molecule has 4 rings (SSSR count). The molecular weight excluding hydrogens is 310 g/mol. The van der Waals surface area contributed by atoms with E-state index in [1.807, 2.05) is 84.9 Å². The average molecular weight is 329 g/mol. The van der Waals surface area contributed by atoms with Crippen molar-refractivity contribution in [2.75, 3.05) is 6.61 Å². The van der Waals surface area contributed by atoms with Gasteiger partial charge in [-0.15, -0.1) is 0 Å². The van der Waals surface area contributed by atoms with Crippen LogP contribution in [-0.4, -0.2) is 23.5 Å². The van der Waals surface area contributed by atoms with Gasteiger partial charge < -0.3 is 9.84 Å². The number of hydrogen-bond acceptors (Lipinski definition) is 3. The fourth-order valence-electron chi connectivity index (χ4n) is 3.13. The van der Waals surface area contributed by atoms with Crippen LogP contribution in [0, 0.1) is 0 Å². The summed E-state index contributed by atoms with van der Waals surface area (Å²) in [6.07, 6.45) is -0.669. The third-order valence-corrected chi connectivity index (χ3v) is 4.37. The molecule has 25 heavy (non-hydrogen) atoms. The topological polar surface area (TPSA) is 41.8 Å². The molecule has 0 fully saturated rings. The average Bonchev–Trinajstić information content (AvgIpc) is 2.69. The Bertz CT molecular complexity index is 833. The summed E-state index contributed by atoms with van der Waals surface area (Å²) in [5, 5.41) is 10.5. The first kappa shape index (κ1) is 15.6. The summed E-state index contributed by atoms with van der Waals surface area (Å²) in [7, 11) is 0. The second-order valence-corrected chi connectivity index (χ2v) is 6.07. The van der Waals surface area contributed by atoms with E-state index in [2.05, 4.69) is 0 Å². The summed E-state index contributed by atoms with van der Waals surface area (Å²) in [6, 6.07) is 27.6. The molecule has 0 aromatic heterocycles. The Morgan fingerprint density at radius 3 is 2.00 bits per heavy atom. The van der Waals surface area contributed by atoms with E-state index >= 15 is 0 Å². The van der Waals surface area contributed by atoms with Crippen molar-refractivity contribution in [3.63, 3.8) is 0 Å². The van der Waals surface area contributed by atoms with Gasteiger partial charge in [-0.3, -0.25) is 4.99 Å². The highest BCUT2D eigenvalue weighted by Gasteiger charge is 2.29. The first-order valence-corrected chi connectivity index (χ1v) is 8.41. The molecule has 0 saturated heterocycles. The number of aliphatic imine (C=N–C) groups is 1. The van der Waals surface area contributed by atoms with Crippen LogP contribution in [-0.2, 0) is 0 Å². The van der Waals surface area contributed by atoms with E-state index < -0.39 is 6.10 Å². The third-order valence-electron chi connectivity index (χ3n) is 4.37. The Hall–Kier alpha value is -2.91. The SMILES string of the molecule is O[C@H]1COc2ccccc2[C@H]1N=C(c1ccccc1)c1ccccc1. The highest BCUT2D eigenvalue weighted by molar-refractivity contribution is 6.13. The summed E-state index contributed by atoms with van der Waals surface area (Å²) in [5.74, 6) is 0.794. The number of aliphatic hydroxyl groups excluding tert-OH is 1. The molecule has 3 heteroatoms. The van der Waals surface area contributed by atoms with Crippen molar-refractivity contribution in [2.24, 2.45) is 4.99 Å². The lowest BCUT2D eigenvalue weighted by Gasteiger charge is -2.28. The Morgan fingerprint density at radius 1 is 0.800 bits per heavy atom. The van der Waals surface area contributed by atoms with E-state index in [9.17, 15) is 5.11 Å². The minimum absolute atomic E-state index is 0.252. The quantitative estimate of drug-likeness (QED) is 0.738. The Labute approximate surface area is 147 Å². The third kappa shape index (κ3) is 3.19. The van der Waals surface area contributed by atoms with Crippen LogP contribution in [0.15, 0.2) is 89.9 Å². The zero-order valence-electron chi connectivity index (χ0n) is 13.7. The van der Waals surface area contributed by atoms with Crippen LogP contribution in [0.4, 0.5) is 0 Å². The van der Waals surface area contributed by atoms with Gasteiger partial charge in [0.1, 0.15) is 24.5 Å². The van der Waals surface area contributed by atoms with Gasteiger partial charge >= 0.3 is 0 Å². The normalized spacial score (nSPS) is 18.8. The van der Waals surface area contributed by atoms with Gasteiger partial charge in [0, 0.05) is 16.7 Å². The first-order valence-electron chi connectivity index (χ1n) is 8.41. The summed E-state index contributed by atoms with van der Waals surface area (Å²) in [6.45, 7) is 0.252. The maximum Gasteiger partial charge on any atom is 0.124 e. The minimum Gasteiger partial charge on any atom is -0.490 e. The number of ether oxygens (including phenoxy) is 1. The fourth-order valence-corrected chi connectivity index (χ4v) is 3.13. The molecule has 1 aliphatic rings. The predicted molar refractivity (Wildman–Crippen MR) is 99.2 cm³/mol. The molecule has 2 atom stereocenters. The lowest BCUT2D eigenvalue weighted by molar-refractivity contribution is 0.0687. The largest absolute Gasteiger partial charge is 0.490 e. The number of nitrogens with zero attached hydrogens (tertiary/aromatic N) is 1. The van der Waals surface area contributed by atoms with E-state index in [0.717, 1.165) is 28.2 Å². The number of aliphatic hydroxyl groups is 1. The van der Waals surface area contributed by atoms with Gasteiger partial charge in [-0.1, -0.05) is 78.9 Å². The lowest BCUT2D eigenvalue weighted by Crippen LogP contribution is -2.30. The van der Waals surface area contributed by atoms with Crippen LogP contribution >= 0.6 is 0 Å². The maximum atomic E-state index is 10.5. The van der Waals surface area contributed by atoms with Crippen molar-refractivity contribution in [3.8, 4) is 5.75 Å². The Morgan fingerprint density at radius 2 is 1.36 bits per heavy atom. The molecule has 124 valence electrons. The van der Waals surface area contributed by atoms with Gasteiger partial charge in [-0.05, 0) is 6.07 Å². The highest BCUT2D eigenvalue weighted by atomic mass is 16.5. The molecule has 3 aromatic rings. The summed E-state index contributed by atoms with van der Waals surface area (Å²) < 4.78 is 5.64. The fraction of sp³-hybridized carbons (Fsp3) is 0.136. The molecule has 1 heterocycles. The van der Waals surface area contributed by atoms with Crippen LogP contribution in [0.25, 0.3) is 0 Å². The van der Waals surface area contributed by atoms with Crippen molar-refractivity contribution >= 4 is 5.71 Å². The molecule has 3 nitrogen and oxygen atoms in total. The van der Waals surface area contributed by atoms with Crippen molar-refractivity contribution in [3.05, 3.63) is 102 Å². The Kier molecular flexibility index (Phi) is 4.32. The summed E-state index contributed by atoms with van der Waals surface area (Å²) in [5.41, 5.74) is 3.86. The Balaban J connectivity index is 1.85. The second-order valence-electron chi connectivity index (χ2n) is 6.07. The van der Waals surface area contributed by atoms with Gasteiger partial charge in [0.2, 0.25) is 0 Å². The molecule has 0 saturated carbocycles. The van der Waals surface area contributed by atoms with Crippen LogP contribution < -0.4 is 4.74 Å². The zero-order valence-corrected chi connectivity index (χ0v) is 13.7. The number of fused-ring (bicyclic) bond motifs is 1. The van der Waals surface area contributed by atoms with Crippen molar-refractivity contribution in [1.82, 2.24) is 0 Å². The van der Waals surface area contributed by atoms with Crippen LogP contribution in [0.3, 0.4) is 0 Å². The van der Waals surface area contributed by atoms with E-state index in [4.69, 9.17) is 9.73 Å². The number of para-hydroxylation sites is 1. The molecule has 0 aliphatic carbocycles. The first-order chi connectivity index (χ1) is 12.3.